The smallest absolute Gasteiger partial charge is 0.0540 e. The zero-order chi connectivity index (χ0) is 36.0. The van der Waals surface area contributed by atoms with E-state index >= 15 is 0 Å². The van der Waals surface area contributed by atoms with E-state index in [4.69, 9.17) is 0 Å². The van der Waals surface area contributed by atoms with Crippen LogP contribution in [0.1, 0.15) is 0 Å². The predicted octanol–water partition coefficient (Wildman–Crippen LogP) is 16.1. The number of nitrogens with zero attached hydrogens (tertiary/aromatic N) is 1. The fourth-order valence-corrected chi connectivity index (χ4v) is 11.4. The number of rotatable bonds is 5. The summed E-state index contributed by atoms with van der Waals surface area (Å²) >= 11 is 3.77. The fraction of sp³-hybridized carbons (Fsp3) is 0. The molecule has 55 heavy (non-hydrogen) atoms. The van der Waals surface area contributed by atoms with E-state index in [1.807, 2.05) is 22.7 Å². The van der Waals surface area contributed by atoms with Crippen LogP contribution < -0.4 is 4.90 Å². The van der Waals surface area contributed by atoms with Crippen LogP contribution in [0, 0.1) is 0 Å². The van der Waals surface area contributed by atoms with Crippen LogP contribution in [-0.2, 0) is 0 Å². The number of hydrogen-bond donors (Lipinski definition) is 0. The van der Waals surface area contributed by atoms with Gasteiger partial charge < -0.3 is 4.90 Å². The number of thiophene rings is 2. The summed E-state index contributed by atoms with van der Waals surface area (Å²) in [7, 11) is 0. The Bertz CT molecular complexity index is 3290. The van der Waals surface area contributed by atoms with Gasteiger partial charge in [-0.1, -0.05) is 146 Å². The topological polar surface area (TPSA) is 3.24 Å². The molecule has 0 fully saturated rings. The first kappa shape index (κ1) is 30.9. The molecule has 0 amide bonds. The highest BCUT2D eigenvalue weighted by Gasteiger charge is 2.21. The molecule has 2 aromatic heterocycles. The van der Waals surface area contributed by atoms with Crippen molar-refractivity contribution in [3.05, 3.63) is 188 Å². The molecule has 0 saturated heterocycles. The predicted molar refractivity (Wildman–Crippen MR) is 241 cm³/mol. The van der Waals surface area contributed by atoms with Gasteiger partial charge in [-0.05, 0) is 91.6 Å². The average Bonchev–Trinajstić information content (AvgIpc) is 3.82. The lowest BCUT2D eigenvalue weighted by molar-refractivity contribution is 1.30. The van der Waals surface area contributed by atoms with E-state index in [9.17, 15) is 0 Å². The van der Waals surface area contributed by atoms with Crippen LogP contribution >= 0.6 is 22.7 Å². The highest BCUT2D eigenvalue weighted by atomic mass is 32.1. The van der Waals surface area contributed by atoms with Crippen molar-refractivity contribution in [1.82, 2.24) is 0 Å². The molecule has 0 aliphatic carbocycles. The molecule has 12 aromatic rings. The Balaban J connectivity index is 1.10. The summed E-state index contributed by atoms with van der Waals surface area (Å²) in [4.78, 5) is 2.48. The minimum absolute atomic E-state index is 1.13. The van der Waals surface area contributed by atoms with Crippen LogP contribution in [0.3, 0.4) is 0 Å². The van der Waals surface area contributed by atoms with Crippen LogP contribution in [0.25, 0.3) is 94.9 Å². The van der Waals surface area contributed by atoms with Gasteiger partial charge in [-0.3, -0.25) is 0 Å². The lowest BCUT2D eigenvalue weighted by Gasteiger charge is -2.28. The van der Waals surface area contributed by atoms with Gasteiger partial charge in [-0.25, -0.2) is 0 Å². The van der Waals surface area contributed by atoms with Crippen LogP contribution in [0.5, 0.6) is 0 Å². The van der Waals surface area contributed by atoms with Crippen molar-refractivity contribution in [2.75, 3.05) is 4.90 Å². The third-order valence-electron chi connectivity index (χ3n) is 11.4. The van der Waals surface area contributed by atoms with Crippen molar-refractivity contribution in [3.8, 4) is 22.3 Å². The summed E-state index contributed by atoms with van der Waals surface area (Å²) in [6.07, 6.45) is 0. The third-order valence-corrected chi connectivity index (χ3v) is 13.8. The van der Waals surface area contributed by atoms with Gasteiger partial charge in [0, 0.05) is 57.1 Å². The third kappa shape index (κ3) is 4.70. The fourth-order valence-electron chi connectivity index (χ4n) is 8.92. The molecular formula is C52H31NS2. The Morgan fingerprint density at radius 1 is 0.327 bits per heavy atom. The van der Waals surface area contributed by atoms with Gasteiger partial charge in [-0.2, -0.15) is 0 Å². The van der Waals surface area contributed by atoms with E-state index < -0.39 is 0 Å². The lowest BCUT2D eigenvalue weighted by atomic mass is 9.93. The number of benzene rings is 10. The Morgan fingerprint density at radius 3 is 1.40 bits per heavy atom. The van der Waals surface area contributed by atoms with Crippen molar-refractivity contribution in [2.24, 2.45) is 0 Å². The summed E-state index contributed by atoms with van der Waals surface area (Å²) in [5, 5.41) is 13.0. The van der Waals surface area contributed by atoms with Crippen molar-refractivity contribution in [1.29, 1.82) is 0 Å². The summed E-state index contributed by atoms with van der Waals surface area (Å²) in [5.41, 5.74) is 8.38. The van der Waals surface area contributed by atoms with E-state index in [0.29, 0.717) is 0 Å². The Labute approximate surface area is 325 Å². The van der Waals surface area contributed by atoms with E-state index in [1.165, 1.54) is 101 Å². The number of fused-ring (bicyclic) bond motifs is 6. The van der Waals surface area contributed by atoms with E-state index in [0.717, 1.165) is 11.4 Å². The molecule has 0 aliphatic heterocycles. The molecule has 0 unspecified atom stereocenters. The Morgan fingerprint density at radius 2 is 0.800 bits per heavy atom. The van der Waals surface area contributed by atoms with Gasteiger partial charge in [0.05, 0.1) is 5.69 Å². The molecule has 0 aliphatic rings. The maximum Gasteiger partial charge on any atom is 0.0540 e. The van der Waals surface area contributed by atoms with Gasteiger partial charge in [0.15, 0.2) is 0 Å². The highest BCUT2D eigenvalue weighted by molar-refractivity contribution is 7.26. The molecule has 0 spiro atoms. The molecular weight excluding hydrogens is 703 g/mol. The molecule has 1 nitrogen and oxygen atoms in total. The number of hydrogen-bond acceptors (Lipinski definition) is 3. The summed E-state index contributed by atoms with van der Waals surface area (Å²) in [5.74, 6) is 0. The number of anilines is 3. The highest BCUT2D eigenvalue weighted by Crippen LogP contribution is 2.47. The van der Waals surface area contributed by atoms with Gasteiger partial charge in [0.2, 0.25) is 0 Å². The second kappa shape index (κ2) is 12.0. The van der Waals surface area contributed by atoms with Gasteiger partial charge in [0.25, 0.3) is 0 Å². The normalized spacial score (nSPS) is 12.0. The van der Waals surface area contributed by atoms with Gasteiger partial charge >= 0.3 is 0 Å². The van der Waals surface area contributed by atoms with Crippen LogP contribution in [-0.4, -0.2) is 0 Å². The molecule has 0 N–H and O–H groups in total. The first-order valence-electron chi connectivity index (χ1n) is 18.7. The van der Waals surface area contributed by atoms with Crippen molar-refractivity contribution < 1.29 is 0 Å². The Hall–Kier alpha value is -6.52. The summed E-state index contributed by atoms with van der Waals surface area (Å²) < 4.78 is 5.30. The van der Waals surface area contributed by atoms with E-state index in [-0.39, 0.29) is 0 Å². The van der Waals surface area contributed by atoms with Crippen molar-refractivity contribution >= 4 is 112 Å². The van der Waals surface area contributed by atoms with Crippen LogP contribution in [0.15, 0.2) is 188 Å². The van der Waals surface area contributed by atoms with Gasteiger partial charge in [0.1, 0.15) is 0 Å². The molecule has 0 atom stereocenters. The van der Waals surface area contributed by atoms with Gasteiger partial charge in [-0.15, -0.1) is 22.7 Å². The first-order valence-corrected chi connectivity index (χ1v) is 20.4. The molecule has 10 aromatic carbocycles. The monoisotopic (exact) mass is 733 g/mol. The van der Waals surface area contributed by atoms with Crippen LogP contribution in [0.2, 0.25) is 0 Å². The molecule has 3 heteroatoms. The molecule has 2 heterocycles. The zero-order valence-electron chi connectivity index (χ0n) is 29.7. The molecule has 12 rings (SSSR count). The lowest BCUT2D eigenvalue weighted by Crippen LogP contribution is -2.11. The van der Waals surface area contributed by atoms with E-state index in [1.54, 1.807) is 0 Å². The maximum absolute atomic E-state index is 2.48. The van der Waals surface area contributed by atoms with Crippen LogP contribution in [0.4, 0.5) is 17.1 Å². The zero-order valence-corrected chi connectivity index (χ0v) is 31.3. The molecule has 256 valence electrons. The second-order valence-electron chi connectivity index (χ2n) is 14.4. The minimum atomic E-state index is 1.13. The minimum Gasteiger partial charge on any atom is -0.310 e. The summed E-state index contributed by atoms with van der Waals surface area (Å²) in [6.45, 7) is 0. The quantitative estimate of drug-likeness (QED) is 0.159. The first-order chi connectivity index (χ1) is 27.3. The van der Waals surface area contributed by atoms with Crippen molar-refractivity contribution in [2.45, 2.75) is 0 Å². The Kier molecular flexibility index (Phi) is 6.74. The molecule has 0 bridgehead atoms. The van der Waals surface area contributed by atoms with Crippen molar-refractivity contribution in [3.63, 3.8) is 0 Å². The molecule has 0 saturated carbocycles. The summed E-state index contributed by atoms with van der Waals surface area (Å²) in [6, 6.07) is 69.8. The standard InChI is InChI=1S/C52H31NS2/c1-3-22-47-41(16-1)43-20-8-18-39(51(43)54-47)35-12-6-14-37(30-35)53(46-29-27-34-25-24-32-10-5-11-33-26-28-45(46)50(34)49(32)33)38-15-7-13-36(31-38)40-19-9-21-44-42-17-2-4-23-48(42)55-52(40)44/h1-31H. The van der Waals surface area contributed by atoms with E-state index in [2.05, 4.69) is 193 Å². The maximum atomic E-state index is 2.48. The molecule has 0 radical (unpaired) electrons. The SMILES string of the molecule is c1cc(-c2cccc3c2sc2ccccc23)cc(N(c2cccc(-c3cccc4c3sc3ccccc34)c2)c2ccc3ccc4cccc5ccc2c3c45)c1. The average molecular weight is 734 g/mol. The second-order valence-corrected chi connectivity index (χ2v) is 16.5. The largest absolute Gasteiger partial charge is 0.310 e.